The number of nitrogens with one attached hydrogen (secondary N) is 2. The van der Waals surface area contributed by atoms with Crippen LogP contribution in [-0.4, -0.2) is 37.4 Å². The Morgan fingerprint density at radius 1 is 1.14 bits per heavy atom. The van der Waals surface area contributed by atoms with Gasteiger partial charge in [-0.25, -0.2) is 4.79 Å². The maximum atomic E-state index is 12.0. The van der Waals surface area contributed by atoms with Crippen LogP contribution in [0.5, 0.6) is 11.5 Å². The highest BCUT2D eigenvalue weighted by atomic mass is 32.1. The molecule has 0 fully saturated rings. The summed E-state index contributed by atoms with van der Waals surface area (Å²) in [6.07, 6.45) is 0. The molecule has 150 valence electrons. The van der Waals surface area contributed by atoms with Gasteiger partial charge in [-0.05, 0) is 75.0 Å². The van der Waals surface area contributed by atoms with E-state index in [1.807, 2.05) is 44.2 Å². The summed E-state index contributed by atoms with van der Waals surface area (Å²) in [5, 5.41) is 6.76. The summed E-state index contributed by atoms with van der Waals surface area (Å²) in [5.74, 6) is 1.19. The van der Waals surface area contributed by atoms with Crippen LogP contribution in [0.3, 0.4) is 0 Å². The van der Waals surface area contributed by atoms with Crippen LogP contribution in [0.1, 0.15) is 29.8 Å². The first-order valence-electron chi connectivity index (χ1n) is 9.05. The molecular weight excluding hydrogens is 376 g/mol. The van der Waals surface area contributed by atoms with Crippen molar-refractivity contribution in [3.63, 3.8) is 0 Å². The minimum atomic E-state index is -0.344. The summed E-state index contributed by atoms with van der Waals surface area (Å²) in [5.41, 5.74) is 2.06. The standard InChI is InChI=1S/C21H26N2O4S/c1-5-26-20(24)18-7-6-8-19(15(18)3)23-21(28)22-14(2)13-27-17-11-9-16(25-4)10-12-17/h6-12,14H,5,13H2,1-4H3,(H2,22,23,28)/t14-/m1/s1. The average molecular weight is 403 g/mol. The van der Waals surface area contributed by atoms with E-state index < -0.39 is 0 Å². The van der Waals surface area contributed by atoms with Crippen LogP contribution >= 0.6 is 12.2 Å². The van der Waals surface area contributed by atoms with Gasteiger partial charge in [0.2, 0.25) is 0 Å². The van der Waals surface area contributed by atoms with Gasteiger partial charge in [-0.2, -0.15) is 0 Å². The van der Waals surface area contributed by atoms with Crippen molar-refractivity contribution in [3.05, 3.63) is 53.6 Å². The van der Waals surface area contributed by atoms with Gasteiger partial charge in [0.25, 0.3) is 0 Å². The molecule has 0 aliphatic heterocycles. The zero-order chi connectivity index (χ0) is 20.5. The van der Waals surface area contributed by atoms with Crippen molar-refractivity contribution < 1.29 is 19.0 Å². The van der Waals surface area contributed by atoms with Crippen LogP contribution in [0.15, 0.2) is 42.5 Å². The Kier molecular flexibility index (Phi) is 8.07. The van der Waals surface area contributed by atoms with Gasteiger partial charge in [-0.1, -0.05) is 6.07 Å². The minimum Gasteiger partial charge on any atom is -0.497 e. The van der Waals surface area contributed by atoms with Gasteiger partial charge in [0.15, 0.2) is 5.11 Å². The molecule has 2 aromatic rings. The average Bonchev–Trinajstić information content (AvgIpc) is 2.68. The van der Waals surface area contributed by atoms with E-state index in [9.17, 15) is 4.79 Å². The SMILES string of the molecule is CCOC(=O)c1cccc(NC(=S)N[C@H](C)COc2ccc(OC)cc2)c1C. The Morgan fingerprint density at radius 3 is 2.46 bits per heavy atom. The Hall–Kier alpha value is -2.80. The third-order valence-electron chi connectivity index (χ3n) is 4.01. The number of esters is 1. The number of carbonyl (C=O) groups excluding carboxylic acids is 1. The lowest BCUT2D eigenvalue weighted by Gasteiger charge is -2.19. The van der Waals surface area contributed by atoms with Crippen molar-refractivity contribution in [2.45, 2.75) is 26.8 Å². The summed E-state index contributed by atoms with van der Waals surface area (Å²) in [4.78, 5) is 12.0. The van der Waals surface area contributed by atoms with Crippen LogP contribution < -0.4 is 20.1 Å². The molecule has 1 atom stereocenters. The smallest absolute Gasteiger partial charge is 0.338 e. The fourth-order valence-corrected chi connectivity index (χ4v) is 2.83. The zero-order valence-corrected chi connectivity index (χ0v) is 17.4. The van der Waals surface area contributed by atoms with Gasteiger partial charge in [-0.15, -0.1) is 0 Å². The number of carbonyl (C=O) groups is 1. The third-order valence-corrected chi connectivity index (χ3v) is 4.23. The molecule has 0 radical (unpaired) electrons. The number of benzene rings is 2. The lowest BCUT2D eigenvalue weighted by atomic mass is 10.1. The molecule has 0 bridgehead atoms. The number of rotatable bonds is 8. The number of thiocarbonyl (C=S) groups is 1. The summed E-state index contributed by atoms with van der Waals surface area (Å²) >= 11 is 5.39. The van der Waals surface area contributed by atoms with Crippen LogP contribution in [0.25, 0.3) is 0 Å². The first-order valence-corrected chi connectivity index (χ1v) is 9.46. The molecule has 28 heavy (non-hydrogen) atoms. The van der Waals surface area contributed by atoms with Gasteiger partial charge < -0.3 is 24.8 Å². The fraction of sp³-hybridized carbons (Fsp3) is 0.333. The third kappa shape index (κ3) is 6.13. The van der Waals surface area contributed by atoms with Gasteiger partial charge in [0, 0.05) is 5.69 Å². The molecular formula is C21H26N2O4S. The fourth-order valence-electron chi connectivity index (χ4n) is 2.52. The lowest BCUT2D eigenvalue weighted by Crippen LogP contribution is -2.39. The predicted octanol–water partition coefficient (Wildman–Crippen LogP) is 3.93. The zero-order valence-electron chi connectivity index (χ0n) is 16.6. The molecule has 0 saturated carbocycles. The molecule has 0 aliphatic rings. The second-order valence-corrected chi connectivity index (χ2v) is 6.59. The van der Waals surface area contributed by atoms with E-state index in [1.54, 1.807) is 26.2 Å². The molecule has 0 unspecified atom stereocenters. The maximum absolute atomic E-state index is 12.0. The van der Waals surface area contributed by atoms with Crippen LogP contribution in [0.2, 0.25) is 0 Å². The normalized spacial score (nSPS) is 11.3. The van der Waals surface area contributed by atoms with E-state index in [4.69, 9.17) is 26.4 Å². The summed E-state index contributed by atoms with van der Waals surface area (Å²) < 4.78 is 16.0. The Labute approximate surface area is 171 Å². The van der Waals surface area contributed by atoms with Crippen LogP contribution in [0.4, 0.5) is 5.69 Å². The topological polar surface area (TPSA) is 68.8 Å². The van der Waals surface area contributed by atoms with Crippen molar-refractivity contribution in [2.75, 3.05) is 25.6 Å². The molecule has 2 rings (SSSR count). The van der Waals surface area contributed by atoms with E-state index in [0.717, 1.165) is 22.7 Å². The van der Waals surface area contributed by atoms with E-state index >= 15 is 0 Å². The monoisotopic (exact) mass is 402 g/mol. The highest BCUT2D eigenvalue weighted by molar-refractivity contribution is 7.80. The number of ether oxygens (including phenoxy) is 3. The quantitative estimate of drug-likeness (QED) is 0.512. The molecule has 0 amide bonds. The number of hydrogen-bond acceptors (Lipinski definition) is 5. The van der Waals surface area contributed by atoms with Gasteiger partial charge in [0.1, 0.15) is 18.1 Å². The van der Waals surface area contributed by atoms with Crippen molar-refractivity contribution in [1.82, 2.24) is 5.32 Å². The number of methoxy groups -OCH3 is 1. The van der Waals surface area contributed by atoms with Crippen LogP contribution in [0, 0.1) is 6.92 Å². The predicted molar refractivity (Wildman–Crippen MR) is 114 cm³/mol. The molecule has 6 nitrogen and oxygen atoms in total. The molecule has 0 spiro atoms. The minimum absolute atomic E-state index is 0.0179. The van der Waals surface area contributed by atoms with Crippen LogP contribution in [-0.2, 0) is 4.74 Å². The summed E-state index contributed by atoms with van der Waals surface area (Å²) in [6.45, 7) is 6.38. The second kappa shape index (κ2) is 10.5. The van der Waals surface area contributed by atoms with Crippen molar-refractivity contribution in [1.29, 1.82) is 0 Å². The molecule has 2 aromatic carbocycles. The molecule has 2 N–H and O–H groups in total. The Bertz CT molecular complexity index is 809. The van der Waals surface area contributed by atoms with Crippen molar-refractivity contribution in [2.24, 2.45) is 0 Å². The molecule has 0 aliphatic carbocycles. The molecule has 0 saturated heterocycles. The Morgan fingerprint density at radius 2 is 1.82 bits per heavy atom. The summed E-state index contributed by atoms with van der Waals surface area (Å²) in [7, 11) is 1.62. The van der Waals surface area contributed by atoms with Crippen molar-refractivity contribution in [3.8, 4) is 11.5 Å². The van der Waals surface area contributed by atoms with E-state index in [2.05, 4.69) is 10.6 Å². The summed E-state index contributed by atoms with van der Waals surface area (Å²) in [6, 6.07) is 12.8. The van der Waals surface area contributed by atoms with E-state index in [1.165, 1.54) is 0 Å². The van der Waals surface area contributed by atoms with Gasteiger partial charge in [0.05, 0.1) is 25.3 Å². The van der Waals surface area contributed by atoms with Crippen molar-refractivity contribution >= 4 is 29.0 Å². The molecule has 0 heterocycles. The Balaban J connectivity index is 1.88. The highest BCUT2D eigenvalue weighted by Gasteiger charge is 2.14. The number of hydrogen-bond donors (Lipinski definition) is 2. The largest absolute Gasteiger partial charge is 0.497 e. The second-order valence-electron chi connectivity index (χ2n) is 6.18. The van der Waals surface area contributed by atoms with E-state index in [-0.39, 0.29) is 12.0 Å². The first-order chi connectivity index (χ1) is 13.4. The highest BCUT2D eigenvalue weighted by Crippen LogP contribution is 2.20. The molecule has 0 aromatic heterocycles. The van der Waals surface area contributed by atoms with Gasteiger partial charge in [-0.3, -0.25) is 0 Å². The van der Waals surface area contributed by atoms with Gasteiger partial charge >= 0.3 is 5.97 Å². The molecule has 7 heteroatoms. The number of anilines is 1. The maximum Gasteiger partial charge on any atom is 0.338 e. The van der Waals surface area contributed by atoms with E-state index in [0.29, 0.717) is 23.9 Å². The first kappa shape index (κ1) is 21.5. The lowest BCUT2D eigenvalue weighted by molar-refractivity contribution is 0.0525.